The quantitative estimate of drug-likeness (QED) is 0.670. The van der Waals surface area contributed by atoms with Gasteiger partial charge in [0.25, 0.3) is 0 Å². The van der Waals surface area contributed by atoms with Crippen molar-refractivity contribution in [3.8, 4) is 0 Å². The molecule has 1 aliphatic carbocycles. The maximum absolute atomic E-state index is 2.35. The van der Waals surface area contributed by atoms with E-state index in [4.69, 9.17) is 0 Å². The molecule has 0 saturated heterocycles. The topological polar surface area (TPSA) is 0 Å². The fourth-order valence-corrected chi connectivity index (χ4v) is 2.72. The molecule has 0 N–H and O–H groups in total. The van der Waals surface area contributed by atoms with Gasteiger partial charge in [-0.15, -0.1) is 0 Å². The predicted octanol–water partition coefficient (Wildman–Crippen LogP) is 5.09. The highest BCUT2D eigenvalue weighted by Crippen LogP contribution is 2.36. The van der Waals surface area contributed by atoms with Gasteiger partial charge in [0, 0.05) is 5.92 Å². The molecule has 0 amide bonds. The molecule has 0 fully saturated rings. The summed E-state index contributed by atoms with van der Waals surface area (Å²) in [6.07, 6.45) is 10.5. The smallest absolute Gasteiger partial charge is 0.00539 e. The Bertz CT molecular complexity index is 397. The average molecular weight is 226 g/mol. The number of hydrogen-bond acceptors (Lipinski definition) is 0. The molecule has 0 bridgehead atoms. The highest BCUT2D eigenvalue weighted by Gasteiger charge is 2.20. The zero-order valence-electron chi connectivity index (χ0n) is 10.9. The van der Waals surface area contributed by atoms with Gasteiger partial charge in [0.2, 0.25) is 0 Å². The van der Waals surface area contributed by atoms with Gasteiger partial charge in [-0.25, -0.2) is 0 Å². The van der Waals surface area contributed by atoms with Crippen LogP contribution in [0.5, 0.6) is 0 Å². The van der Waals surface area contributed by atoms with Crippen LogP contribution in [0.25, 0.3) is 0 Å². The van der Waals surface area contributed by atoms with Crippen LogP contribution < -0.4 is 0 Å². The monoisotopic (exact) mass is 226 g/mol. The summed E-state index contributed by atoms with van der Waals surface area (Å²) < 4.78 is 0. The van der Waals surface area contributed by atoms with Crippen LogP contribution in [0.2, 0.25) is 0 Å². The maximum Gasteiger partial charge on any atom is 0.00539 e. The van der Waals surface area contributed by atoms with Crippen molar-refractivity contribution in [3.05, 3.63) is 59.7 Å². The number of benzene rings is 1. The lowest BCUT2D eigenvalue weighted by atomic mass is 9.78. The third-order valence-electron chi connectivity index (χ3n) is 3.67. The van der Waals surface area contributed by atoms with Gasteiger partial charge < -0.3 is 0 Å². The Morgan fingerprint density at radius 2 is 2.00 bits per heavy atom. The van der Waals surface area contributed by atoms with Gasteiger partial charge in [-0.05, 0) is 24.3 Å². The van der Waals surface area contributed by atoms with Crippen molar-refractivity contribution in [2.75, 3.05) is 0 Å². The van der Waals surface area contributed by atoms with Crippen molar-refractivity contribution < 1.29 is 0 Å². The zero-order chi connectivity index (χ0) is 12.1. The minimum absolute atomic E-state index is 0.612. The summed E-state index contributed by atoms with van der Waals surface area (Å²) >= 11 is 0. The van der Waals surface area contributed by atoms with Crippen molar-refractivity contribution in [2.24, 2.45) is 5.92 Å². The molecule has 0 heterocycles. The first kappa shape index (κ1) is 12.2. The van der Waals surface area contributed by atoms with Gasteiger partial charge in [-0.1, -0.05) is 74.4 Å². The summed E-state index contributed by atoms with van der Waals surface area (Å²) in [4.78, 5) is 0. The summed E-state index contributed by atoms with van der Waals surface area (Å²) in [6.45, 7) is 4.63. The lowest BCUT2D eigenvalue weighted by Gasteiger charge is -2.26. The summed E-state index contributed by atoms with van der Waals surface area (Å²) in [6, 6.07) is 11.0. The third-order valence-corrected chi connectivity index (χ3v) is 3.67. The Hall–Kier alpha value is -1.30. The van der Waals surface area contributed by atoms with E-state index in [1.807, 2.05) is 0 Å². The van der Waals surface area contributed by atoms with Crippen LogP contribution >= 0.6 is 0 Å². The van der Waals surface area contributed by atoms with E-state index in [1.54, 1.807) is 5.57 Å². The van der Waals surface area contributed by atoms with E-state index in [0.717, 1.165) is 0 Å². The minimum atomic E-state index is 0.612. The van der Waals surface area contributed by atoms with E-state index in [2.05, 4.69) is 62.4 Å². The summed E-state index contributed by atoms with van der Waals surface area (Å²) in [7, 11) is 0. The van der Waals surface area contributed by atoms with Crippen molar-refractivity contribution in [2.45, 2.75) is 39.0 Å². The van der Waals surface area contributed by atoms with Crippen LogP contribution in [-0.2, 0) is 0 Å². The van der Waals surface area contributed by atoms with Gasteiger partial charge in [0.05, 0.1) is 0 Å². The molecule has 1 aliphatic rings. The van der Waals surface area contributed by atoms with E-state index in [9.17, 15) is 0 Å². The number of allylic oxidation sites excluding steroid dienone is 4. The van der Waals surface area contributed by atoms with Crippen LogP contribution in [0, 0.1) is 5.92 Å². The van der Waals surface area contributed by atoms with E-state index in [0.29, 0.717) is 11.8 Å². The predicted molar refractivity (Wildman–Crippen MR) is 75.1 cm³/mol. The fourth-order valence-electron chi connectivity index (χ4n) is 2.72. The molecular weight excluding hydrogens is 204 g/mol. The molecule has 1 aromatic carbocycles. The van der Waals surface area contributed by atoms with Gasteiger partial charge in [0.15, 0.2) is 0 Å². The second-order valence-electron chi connectivity index (χ2n) is 4.98. The largest absolute Gasteiger partial charge is 0.0840 e. The molecule has 0 spiro atoms. The summed E-state index contributed by atoms with van der Waals surface area (Å²) in [5, 5.41) is 0. The molecule has 0 saturated carbocycles. The van der Waals surface area contributed by atoms with Crippen LogP contribution in [-0.4, -0.2) is 0 Å². The normalized spacial score (nSPS) is 21.1. The number of hydrogen-bond donors (Lipinski definition) is 0. The van der Waals surface area contributed by atoms with E-state index in [1.165, 1.54) is 24.8 Å². The molecule has 17 heavy (non-hydrogen) atoms. The molecule has 0 radical (unpaired) electrons. The first-order valence-corrected chi connectivity index (χ1v) is 6.74. The molecule has 2 rings (SSSR count). The lowest BCUT2D eigenvalue weighted by Crippen LogP contribution is -2.11. The second-order valence-corrected chi connectivity index (χ2v) is 4.98. The van der Waals surface area contributed by atoms with Crippen LogP contribution in [0.3, 0.4) is 0 Å². The highest BCUT2D eigenvalue weighted by atomic mass is 14.2. The zero-order valence-corrected chi connectivity index (χ0v) is 10.9. The first-order valence-electron chi connectivity index (χ1n) is 6.74. The average Bonchev–Trinajstić information content (AvgIpc) is 2.38. The molecule has 0 nitrogen and oxygen atoms in total. The van der Waals surface area contributed by atoms with E-state index in [-0.39, 0.29) is 0 Å². The molecule has 90 valence electrons. The van der Waals surface area contributed by atoms with Crippen molar-refractivity contribution in [1.29, 1.82) is 0 Å². The highest BCUT2D eigenvalue weighted by molar-refractivity contribution is 5.34. The maximum atomic E-state index is 2.35. The lowest BCUT2D eigenvalue weighted by molar-refractivity contribution is 0.573. The Labute approximate surface area is 105 Å². The van der Waals surface area contributed by atoms with E-state index >= 15 is 0 Å². The molecule has 2 atom stereocenters. The van der Waals surface area contributed by atoms with Gasteiger partial charge in [0.1, 0.15) is 0 Å². The van der Waals surface area contributed by atoms with Gasteiger partial charge in [-0.3, -0.25) is 0 Å². The minimum Gasteiger partial charge on any atom is -0.0840 e. The Balaban J connectivity index is 2.29. The Morgan fingerprint density at radius 1 is 1.24 bits per heavy atom. The SMILES string of the molecule is CCCC(C1=CC=CCC1C)c1ccccc1. The second kappa shape index (κ2) is 5.86. The number of rotatable bonds is 4. The van der Waals surface area contributed by atoms with Crippen molar-refractivity contribution in [1.82, 2.24) is 0 Å². The van der Waals surface area contributed by atoms with Crippen molar-refractivity contribution in [3.63, 3.8) is 0 Å². The third kappa shape index (κ3) is 2.88. The van der Waals surface area contributed by atoms with Gasteiger partial charge >= 0.3 is 0 Å². The summed E-state index contributed by atoms with van der Waals surface area (Å²) in [5.74, 6) is 1.30. The molecular formula is C17H22. The Kier molecular flexibility index (Phi) is 4.19. The van der Waals surface area contributed by atoms with Crippen LogP contribution in [0.15, 0.2) is 54.1 Å². The van der Waals surface area contributed by atoms with E-state index < -0.39 is 0 Å². The summed E-state index contributed by atoms with van der Waals surface area (Å²) in [5.41, 5.74) is 3.09. The van der Waals surface area contributed by atoms with Gasteiger partial charge in [-0.2, -0.15) is 0 Å². The fraction of sp³-hybridized carbons (Fsp3) is 0.412. The molecule has 2 unspecified atom stereocenters. The molecule has 0 aliphatic heterocycles. The molecule has 0 aromatic heterocycles. The molecule has 1 aromatic rings. The van der Waals surface area contributed by atoms with Crippen LogP contribution in [0.1, 0.15) is 44.6 Å². The van der Waals surface area contributed by atoms with Crippen molar-refractivity contribution >= 4 is 0 Å². The first-order chi connectivity index (χ1) is 8.33. The standard InChI is InChI=1S/C17H22/c1-3-9-17(15-11-5-4-6-12-15)16-13-8-7-10-14(16)2/h4-8,11-14,17H,3,9-10H2,1-2H3. The Morgan fingerprint density at radius 3 is 2.65 bits per heavy atom. The molecule has 0 heteroatoms. The van der Waals surface area contributed by atoms with Crippen LogP contribution in [0.4, 0.5) is 0 Å².